The van der Waals surface area contributed by atoms with E-state index in [2.05, 4.69) is 5.32 Å². The summed E-state index contributed by atoms with van der Waals surface area (Å²) in [5.74, 6) is 0.560. The van der Waals surface area contributed by atoms with Crippen molar-refractivity contribution >= 4 is 23.5 Å². The molecule has 5 nitrogen and oxygen atoms in total. The number of nitrogens with one attached hydrogen (secondary N) is 1. The molecule has 0 bridgehead atoms. The molecular weight excluding hydrogens is 318 g/mol. The standard InChI is InChI=1S/C20H21NO4/c1-4-7-15-10-11-18(19(12-15)24-3)25-13-20(23)21-17-9-6-5-8-16(17)14(2)22/h4-12H,13H2,1-3H3,(H,21,23)/b7-4+. The van der Waals surface area contributed by atoms with E-state index in [-0.39, 0.29) is 18.3 Å². The number of allylic oxidation sites excluding steroid dienone is 1. The zero-order chi connectivity index (χ0) is 18.2. The maximum Gasteiger partial charge on any atom is 0.262 e. The summed E-state index contributed by atoms with van der Waals surface area (Å²) < 4.78 is 10.8. The SMILES string of the molecule is C/C=C/c1ccc(OCC(=O)Nc2ccccc2C(C)=O)c(OC)c1. The first-order valence-corrected chi connectivity index (χ1v) is 7.88. The lowest BCUT2D eigenvalue weighted by Crippen LogP contribution is -2.21. The van der Waals surface area contributed by atoms with Gasteiger partial charge in [0.05, 0.1) is 12.8 Å². The maximum atomic E-state index is 12.1. The summed E-state index contributed by atoms with van der Waals surface area (Å²) in [6.07, 6.45) is 3.87. The van der Waals surface area contributed by atoms with E-state index >= 15 is 0 Å². The van der Waals surface area contributed by atoms with E-state index in [1.807, 2.05) is 31.2 Å². The second-order valence-corrected chi connectivity index (χ2v) is 5.35. The number of methoxy groups -OCH3 is 1. The highest BCUT2D eigenvalue weighted by Crippen LogP contribution is 2.28. The van der Waals surface area contributed by atoms with Crippen molar-refractivity contribution < 1.29 is 19.1 Å². The van der Waals surface area contributed by atoms with E-state index in [4.69, 9.17) is 9.47 Å². The number of hydrogen-bond donors (Lipinski definition) is 1. The van der Waals surface area contributed by atoms with E-state index in [0.717, 1.165) is 5.56 Å². The number of rotatable bonds is 7. The number of ether oxygens (including phenoxy) is 2. The Hall–Kier alpha value is -3.08. The Morgan fingerprint density at radius 3 is 2.56 bits per heavy atom. The minimum Gasteiger partial charge on any atom is -0.493 e. The number of hydrogen-bond acceptors (Lipinski definition) is 4. The zero-order valence-corrected chi connectivity index (χ0v) is 14.5. The van der Waals surface area contributed by atoms with Gasteiger partial charge < -0.3 is 14.8 Å². The molecule has 2 aromatic rings. The third-order valence-electron chi connectivity index (χ3n) is 3.49. The molecule has 2 aromatic carbocycles. The molecule has 0 saturated carbocycles. The van der Waals surface area contributed by atoms with Crippen molar-refractivity contribution in [1.29, 1.82) is 0 Å². The summed E-state index contributed by atoms with van der Waals surface area (Å²) >= 11 is 0. The predicted octanol–water partition coefficient (Wildman–Crippen LogP) is 3.95. The number of para-hydroxylation sites is 1. The summed E-state index contributed by atoms with van der Waals surface area (Å²) in [5, 5.41) is 2.69. The summed E-state index contributed by atoms with van der Waals surface area (Å²) in [4.78, 5) is 23.7. The Labute approximate surface area is 147 Å². The minimum atomic E-state index is -0.353. The lowest BCUT2D eigenvalue weighted by atomic mass is 10.1. The van der Waals surface area contributed by atoms with Crippen molar-refractivity contribution in [3.05, 3.63) is 59.7 Å². The van der Waals surface area contributed by atoms with Crippen LogP contribution in [0.15, 0.2) is 48.5 Å². The van der Waals surface area contributed by atoms with Crippen LogP contribution >= 0.6 is 0 Å². The topological polar surface area (TPSA) is 64.6 Å². The Bertz CT molecular complexity index is 796. The molecule has 0 unspecified atom stereocenters. The van der Waals surface area contributed by atoms with Gasteiger partial charge in [-0.05, 0) is 43.7 Å². The van der Waals surface area contributed by atoms with Crippen LogP contribution in [-0.4, -0.2) is 25.4 Å². The van der Waals surface area contributed by atoms with Crippen LogP contribution in [0.3, 0.4) is 0 Å². The molecule has 0 radical (unpaired) electrons. The molecule has 0 atom stereocenters. The predicted molar refractivity (Wildman–Crippen MR) is 98.3 cm³/mol. The molecule has 0 spiro atoms. The van der Waals surface area contributed by atoms with Crippen LogP contribution in [0.5, 0.6) is 11.5 Å². The normalized spacial score (nSPS) is 10.5. The van der Waals surface area contributed by atoms with Gasteiger partial charge in [0.15, 0.2) is 23.9 Å². The molecule has 1 amide bonds. The largest absolute Gasteiger partial charge is 0.493 e. The number of carbonyl (C=O) groups excluding carboxylic acids is 2. The Kier molecular flexibility index (Phi) is 6.34. The second kappa shape index (κ2) is 8.68. The van der Waals surface area contributed by atoms with Gasteiger partial charge in [-0.1, -0.05) is 30.4 Å². The van der Waals surface area contributed by atoms with Crippen molar-refractivity contribution in [2.24, 2.45) is 0 Å². The van der Waals surface area contributed by atoms with Crippen molar-refractivity contribution in [3.63, 3.8) is 0 Å². The van der Waals surface area contributed by atoms with Crippen molar-refractivity contribution in [2.75, 3.05) is 19.0 Å². The molecule has 0 aliphatic rings. The average Bonchev–Trinajstić information content (AvgIpc) is 2.61. The quantitative estimate of drug-likeness (QED) is 0.776. The first kappa shape index (κ1) is 18.3. The zero-order valence-electron chi connectivity index (χ0n) is 14.5. The molecule has 0 heterocycles. The first-order valence-electron chi connectivity index (χ1n) is 7.88. The third kappa shape index (κ3) is 4.94. The highest BCUT2D eigenvalue weighted by Gasteiger charge is 2.11. The molecule has 0 saturated heterocycles. The van der Waals surface area contributed by atoms with E-state index in [1.54, 1.807) is 37.4 Å². The Morgan fingerprint density at radius 2 is 1.88 bits per heavy atom. The van der Waals surface area contributed by atoms with Gasteiger partial charge >= 0.3 is 0 Å². The molecule has 5 heteroatoms. The second-order valence-electron chi connectivity index (χ2n) is 5.35. The molecule has 0 fully saturated rings. The number of carbonyl (C=O) groups is 2. The molecule has 130 valence electrons. The van der Waals surface area contributed by atoms with Gasteiger partial charge in [-0.2, -0.15) is 0 Å². The fraction of sp³-hybridized carbons (Fsp3) is 0.200. The molecule has 0 aliphatic carbocycles. The van der Waals surface area contributed by atoms with Crippen molar-refractivity contribution in [2.45, 2.75) is 13.8 Å². The maximum absolute atomic E-state index is 12.1. The van der Waals surface area contributed by atoms with Gasteiger partial charge in [0.25, 0.3) is 5.91 Å². The Balaban J connectivity index is 2.04. The fourth-order valence-electron chi connectivity index (χ4n) is 2.33. The summed E-state index contributed by atoms with van der Waals surface area (Å²) in [6.45, 7) is 3.20. The lowest BCUT2D eigenvalue weighted by Gasteiger charge is -2.12. The third-order valence-corrected chi connectivity index (χ3v) is 3.49. The molecule has 2 rings (SSSR count). The van der Waals surface area contributed by atoms with E-state index < -0.39 is 0 Å². The number of amides is 1. The van der Waals surface area contributed by atoms with Crippen LogP contribution < -0.4 is 14.8 Å². The summed E-state index contributed by atoms with van der Waals surface area (Å²) in [5.41, 5.74) is 1.91. The highest BCUT2D eigenvalue weighted by atomic mass is 16.5. The average molecular weight is 339 g/mol. The van der Waals surface area contributed by atoms with Crippen LogP contribution in [0.1, 0.15) is 29.8 Å². The van der Waals surface area contributed by atoms with E-state index in [0.29, 0.717) is 22.7 Å². The molecule has 25 heavy (non-hydrogen) atoms. The first-order chi connectivity index (χ1) is 12.0. The van der Waals surface area contributed by atoms with Crippen LogP contribution in [0.25, 0.3) is 6.08 Å². The highest BCUT2D eigenvalue weighted by molar-refractivity contribution is 6.03. The number of anilines is 1. The van der Waals surface area contributed by atoms with Crippen LogP contribution in [-0.2, 0) is 4.79 Å². The fourth-order valence-corrected chi connectivity index (χ4v) is 2.33. The van der Waals surface area contributed by atoms with Gasteiger partial charge in [-0.25, -0.2) is 0 Å². The molecule has 1 N–H and O–H groups in total. The van der Waals surface area contributed by atoms with E-state index in [9.17, 15) is 9.59 Å². The van der Waals surface area contributed by atoms with Crippen molar-refractivity contribution in [3.8, 4) is 11.5 Å². The van der Waals surface area contributed by atoms with Gasteiger partial charge in [0.2, 0.25) is 0 Å². The number of ketones is 1. The van der Waals surface area contributed by atoms with E-state index in [1.165, 1.54) is 6.92 Å². The number of benzene rings is 2. The molecule has 0 aliphatic heterocycles. The van der Waals surface area contributed by atoms with Crippen LogP contribution in [0.2, 0.25) is 0 Å². The molecular formula is C20H21NO4. The lowest BCUT2D eigenvalue weighted by molar-refractivity contribution is -0.118. The Morgan fingerprint density at radius 1 is 1.12 bits per heavy atom. The number of Topliss-reactive ketones (excluding diaryl/α,β-unsaturated/α-hetero) is 1. The molecule has 0 aromatic heterocycles. The van der Waals surface area contributed by atoms with Gasteiger partial charge in [0, 0.05) is 5.56 Å². The smallest absolute Gasteiger partial charge is 0.262 e. The van der Waals surface area contributed by atoms with Gasteiger partial charge in [0.1, 0.15) is 0 Å². The van der Waals surface area contributed by atoms with Crippen LogP contribution in [0, 0.1) is 0 Å². The van der Waals surface area contributed by atoms with Crippen molar-refractivity contribution in [1.82, 2.24) is 0 Å². The monoisotopic (exact) mass is 339 g/mol. The summed E-state index contributed by atoms with van der Waals surface area (Å²) in [7, 11) is 1.55. The summed E-state index contributed by atoms with van der Waals surface area (Å²) in [6, 6.07) is 12.3. The minimum absolute atomic E-state index is 0.113. The van der Waals surface area contributed by atoms with Crippen LogP contribution in [0.4, 0.5) is 5.69 Å². The van der Waals surface area contributed by atoms with Gasteiger partial charge in [-0.3, -0.25) is 9.59 Å². The van der Waals surface area contributed by atoms with Gasteiger partial charge in [-0.15, -0.1) is 0 Å².